The number of carbonyl (C=O) groups is 1. The summed E-state index contributed by atoms with van der Waals surface area (Å²) in [5.74, 6) is -0.111. The van der Waals surface area contributed by atoms with Crippen LogP contribution in [0.25, 0.3) is 0 Å². The second kappa shape index (κ2) is 7.34. The van der Waals surface area contributed by atoms with E-state index in [1.54, 1.807) is 12.1 Å². The van der Waals surface area contributed by atoms with Crippen LogP contribution in [0.5, 0.6) is 0 Å². The Balaban J connectivity index is 2.07. The first-order chi connectivity index (χ1) is 11.1. The van der Waals surface area contributed by atoms with Gasteiger partial charge < -0.3 is 5.32 Å². The topological polar surface area (TPSA) is 95.2 Å². The summed E-state index contributed by atoms with van der Waals surface area (Å²) in [5.41, 5.74) is 1.15. The summed E-state index contributed by atoms with van der Waals surface area (Å²) in [5, 5.41) is 9.64. The van der Waals surface area contributed by atoms with Crippen LogP contribution in [0.2, 0.25) is 0 Å². The molecule has 0 aliphatic rings. The van der Waals surface area contributed by atoms with E-state index < -0.39 is 10.0 Å². The quantitative estimate of drug-likeness (QED) is 0.729. The summed E-state index contributed by atoms with van der Waals surface area (Å²) in [6.07, 6.45) is 0. The van der Waals surface area contributed by atoms with E-state index in [2.05, 4.69) is 31.4 Å². The summed E-state index contributed by atoms with van der Waals surface area (Å²) in [4.78, 5) is 13.0. The monoisotopic (exact) mass is 434 g/mol. The lowest BCUT2D eigenvalue weighted by atomic mass is 10.1. The molecule has 0 spiro atoms. The number of amides is 1. The van der Waals surface area contributed by atoms with Crippen LogP contribution in [0, 0.1) is 0 Å². The van der Waals surface area contributed by atoms with E-state index in [0.717, 1.165) is 26.2 Å². The smallest absolute Gasteiger partial charge is 0.273 e. The lowest BCUT2D eigenvalue weighted by Crippen LogP contribution is -2.23. The van der Waals surface area contributed by atoms with Crippen molar-refractivity contribution in [2.75, 3.05) is 14.1 Å². The van der Waals surface area contributed by atoms with E-state index in [-0.39, 0.29) is 28.3 Å². The zero-order valence-corrected chi connectivity index (χ0v) is 17.0. The third-order valence-corrected chi connectivity index (χ3v) is 7.49. The van der Waals surface area contributed by atoms with Crippen LogP contribution in [0.1, 0.15) is 40.8 Å². The number of H-pyrrole nitrogens is 1. The number of hydrogen-bond acceptors (Lipinski definition) is 5. The molecule has 0 aliphatic carbocycles. The van der Waals surface area contributed by atoms with Crippen molar-refractivity contribution in [2.45, 2.75) is 30.5 Å². The molecule has 0 bridgehead atoms. The number of nitrogens with one attached hydrogen (secondary N) is 2. The number of nitrogens with zero attached hydrogens (tertiary/aromatic N) is 2. The molecule has 0 saturated heterocycles. The maximum Gasteiger partial charge on any atom is 0.273 e. The molecule has 1 amide bonds. The summed E-state index contributed by atoms with van der Waals surface area (Å²) in [6, 6.07) is 3.24. The lowest BCUT2D eigenvalue weighted by molar-refractivity contribution is 0.0945. The molecular weight excluding hydrogens is 416 g/mol. The van der Waals surface area contributed by atoms with E-state index in [1.165, 1.54) is 14.1 Å². The standard InChI is InChI=1S/C14H19BrN4O3S2/c1-8(2)12-11(15)13(18-17-12)14(20)16-7-9-5-6-10(23-9)24(21,22)19(3)4/h5-6,8H,7H2,1-4H3,(H,16,20)(H,17,18). The first-order valence-electron chi connectivity index (χ1n) is 7.17. The minimum absolute atomic E-state index is 0.213. The number of sulfonamides is 1. The Labute approximate surface area is 153 Å². The Kier molecular flexibility index (Phi) is 5.84. The van der Waals surface area contributed by atoms with Crippen molar-refractivity contribution in [3.8, 4) is 0 Å². The summed E-state index contributed by atoms with van der Waals surface area (Å²) < 4.78 is 26.2. The normalized spacial score (nSPS) is 12.1. The minimum Gasteiger partial charge on any atom is -0.346 e. The number of thiophene rings is 1. The van der Waals surface area contributed by atoms with Crippen LogP contribution >= 0.6 is 27.3 Å². The van der Waals surface area contributed by atoms with Gasteiger partial charge in [-0.05, 0) is 34.0 Å². The first kappa shape index (κ1) is 19.1. The molecule has 24 heavy (non-hydrogen) atoms. The van der Waals surface area contributed by atoms with Gasteiger partial charge in [-0.3, -0.25) is 9.89 Å². The molecule has 2 rings (SSSR count). The SMILES string of the molecule is CC(C)c1[nH]nc(C(=O)NCc2ccc(S(=O)(=O)N(C)C)s2)c1Br. The Hall–Kier alpha value is -1.23. The Bertz CT molecular complexity index is 840. The van der Waals surface area contributed by atoms with Gasteiger partial charge in [-0.15, -0.1) is 11.3 Å². The highest BCUT2D eigenvalue weighted by atomic mass is 79.9. The van der Waals surface area contributed by atoms with Gasteiger partial charge in [-0.2, -0.15) is 5.10 Å². The van der Waals surface area contributed by atoms with Crippen molar-refractivity contribution >= 4 is 43.2 Å². The molecule has 7 nitrogen and oxygen atoms in total. The Morgan fingerprint density at radius 1 is 1.42 bits per heavy atom. The lowest BCUT2D eigenvalue weighted by Gasteiger charge is -2.08. The fraction of sp³-hybridized carbons (Fsp3) is 0.429. The second-order valence-electron chi connectivity index (χ2n) is 5.65. The molecule has 0 aromatic carbocycles. The minimum atomic E-state index is -3.45. The fourth-order valence-electron chi connectivity index (χ4n) is 1.90. The Morgan fingerprint density at radius 2 is 2.08 bits per heavy atom. The maximum absolute atomic E-state index is 12.2. The average molecular weight is 435 g/mol. The molecule has 0 fully saturated rings. The number of halogens is 1. The predicted molar refractivity (Wildman–Crippen MR) is 96.7 cm³/mol. The zero-order valence-electron chi connectivity index (χ0n) is 13.8. The molecule has 0 atom stereocenters. The van der Waals surface area contributed by atoms with Gasteiger partial charge in [0.2, 0.25) is 0 Å². The van der Waals surface area contributed by atoms with E-state index in [9.17, 15) is 13.2 Å². The third-order valence-electron chi connectivity index (χ3n) is 3.32. The Morgan fingerprint density at radius 3 is 2.62 bits per heavy atom. The highest BCUT2D eigenvalue weighted by molar-refractivity contribution is 9.10. The van der Waals surface area contributed by atoms with Gasteiger partial charge in [0, 0.05) is 19.0 Å². The van der Waals surface area contributed by atoms with Crippen molar-refractivity contribution in [1.29, 1.82) is 0 Å². The molecule has 2 aromatic rings. The van der Waals surface area contributed by atoms with Gasteiger partial charge in [-0.1, -0.05) is 13.8 Å². The first-order valence-corrected chi connectivity index (χ1v) is 10.2. The molecule has 2 heterocycles. The molecule has 2 N–H and O–H groups in total. The van der Waals surface area contributed by atoms with E-state index in [4.69, 9.17) is 0 Å². The molecule has 0 saturated carbocycles. The molecule has 0 aliphatic heterocycles. The van der Waals surface area contributed by atoms with Gasteiger partial charge in [0.15, 0.2) is 5.69 Å². The molecular formula is C14H19BrN4O3S2. The van der Waals surface area contributed by atoms with Crippen LogP contribution in [-0.4, -0.2) is 42.9 Å². The highest BCUT2D eigenvalue weighted by Crippen LogP contribution is 2.26. The van der Waals surface area contributed by atoms with Gasteiger partial charge in [0.25, 0.3) is 15.9 Å². The van der Waals surface area contributed by atoms with Gasteiger partial charge >= 0.3 is 0 Å². The van der Waals surface area contributed by atoms with Crippen molar-refractivity contribution in [3.05, 3.63) is 32.9 Å². The number of rotatable bonds is 6. The van der Waals surface area contributed by atoms with Crippen LogP contribution in [0.3, 0.4) is 0 Å². The highest BCUT2D eigenvalue weighted by Gasteiger charge is 2.21. The van der Waals surface area contributed by atoms with Crippen molar-refractivity contribution in [2.24, 2.45) is 0 Å². The molecule has 2 aromatic heterocycles. The molecule has 132 valence electrons. The fourth-order valence-corrected chi connectivity index (χ4v) is 5.18. The maximum atomic E-state index is 12.2. The van der Waals surface area contributed by atoms with E-state index >= 15 is 0 Å². The van der Waals surface area contributed by atoms with Crippen LogP contribution in [-0.2, 0) is 16.6 Å². The van der Waals surface area contributed by atoms with Crippen molar-refractivity contribution < 1.29 is 13.2 Å². The van der Waals surface area contributed by atoms with Crippen molar-refractivity contribution in [3.63, 3.8) is 0 Å². The van der Waals surface area contributed by atoms with Crippen molar-refractivity contribution in [1.82, 2.24) is 19.8 Å². The van der Waals surface area contributed by atoms with E-state index in [1.807, 2.05) is 13.8 Å². The van der Waals surface area contributed by atoms with Gasteiger partial charge in [0.1, 0.15) is 4.21 Å². The summed E-state index contributed by atoms with van der Waals surface area (Å²) in [6.45, 7) is 4.24. The molecule has 0 unspecified atom stereocenters. The third kappa shape index (κ3) is 3.88. The molecule has 0 radical (unpaired) electrons. The summed E-state index contributed by atoms with van der Waals surface area (Å²) in [7, 11) is -0.477. The van der Waals surface area contributed by atoms with Crippen LogP contribution < -0.4 is 5.32 Å². The number of carbonyl (C=O) groups excluding carboxylic acids is 1. The van der Waals surface area contributed by atoms with E-state index in [0.29, 0.717) is 4.47 Å². The second-order valence-corrected chi connectivity index (χ2v) is 9.99. The largest absolute Gasteiger partial charge is 0.346 e. The zero-order chi connectivity index (χ0) is 18.1. The number of hydrogen-bond donors (Lipinski definition) is 2. The van der Waals surface area contributed by atoms with Gasteiger partial charge in [-0.25, -0.2) is 12.7 Å². The summed E-state index contributed by atoms with van der Waals surface area (Å²) >= 11 is 4.52. The average Bonchev–Trinajstić information content (AvgIpc) is 3.11. The van der Waals surface area contributed by atoms with Crippen LogP contribution in [0.4, 0.5) is 0 Å². The number of aromatic nitrogens is 2. The molecule has 10 heteroatoms. The van der Waals surface area contributed by atoms with Crippen LogP contribution in [0.15, 0.2) is 20.8 Å². The number of aromatic amines is 1. The predicted octanol–water partition coefficient (Wildman–Crippen LogP) is 2.54. The van der Waals surface area contributed by atoms with Gasteiger partial charge in [0.05, 0.1) is 16.7 Å².